The van der Waals surface area contributed by atoms with Gasteiger partial charge in [-0.1, -0.05) is 115 Å². The van der Waals surface area contributed by atoms with Gasteiger partial charge in [0.05, 0.1) is 6.61 Å². The number of hydrogen-bond acceptors (Lipinski definition) is 1. The zero-order chi connectivity index (χ0) is 19.9. The summed E-state index contributed by atoms with van der Waals surface area (Å²) in [6.45, 7) is -1.57. The van der Waals surface area contributed by atoms with E-state index in [0.29, 0.717) is 6.61 Å². The van der Waals surface area contributed by atoms with Crippen molar-refractivity contribution in [3.8, 4) is 0 Å². The number of hydrogen-bond donors (Lipinski definition) is 0. The summed E-state index contributed by atoms with van der Waals surface area (Å²) in [6.07, 6.45) is 0. The molecule has 0 aliphatic heterocycles. The van der Waals surface area contributed by atoms with E-state index in [4.69, 9.17) is 16.3 Å². The van der Waals surface area contributed by atoms with Crippen LogP contribution in [-0.4, -0.2) is 5.98 Å². The fourth-order valence-corrected chi connectivity index (χ4v) is 7.06. The molecule has 0 aliphatic rings. The molecule has 4 rings (SSSR count). The maximum atomic E-state index is 6.27. The van der Waals surface area contributed by atoms with Crippen molar-refractivity contribution in [2.45, 2.75) is 6.61 Å². The summed E-state index contributed by atoms with van der Waals surface area (Å²) >= 11 is 6.02. The van der Waals surface area contributed by atoms with Crippen molar-refractivity contribution in [1.29, 1.82) is 0 Å². The molecule has 0 spiro atoms. The van der Waals surface area contributed by atoms with Crippen molar-refractivity contribution in [2.75, 3.05) is 0 Å². The first kappa shape index (κ1) is 19.7. The molecule has 0 unspecified atom stereocenters. The third-order valence-corrected chi connectivity index (χ3v) is 8.94. The summed E-state index contributed by atoms with van der Waals surface area (Å²) in [5.74, 6) is 2.08. The Bertz CT molecular complexity index is 988. The highest BCUT2D eigenvalue weighted by Crippen LogP contribution is 2.43. The Morgan fingerprint density at radius 1 is 0.586 bits per heavy atom. The van der Waals surface area contributed by atoms with Gasteiger partial charge in [0.15, 0.2) is 0 Å². The van der Waals surface area contributed by atoms with E-state index in [-0.39, 0.29) is 0 Å². The quantitative estimate of drug-likeness (QED) is 0.371. The predicted molar refractivity (Wildman–Crippen MR) is 127 cm³/mol. The Balaban J connectivity index is 1.86. The standard InChI is InChI=1S/C26H22ClOP/c27-23-18-16-22(17-19-23)20-28-21-29(24-10-4-1-5-11-24,25-12-6-2-7-13-25)26-14-8-3-9-15-26/h1-19,21H,20H2. The van der Waals surface area contributed by atoms with Crippen molar-refractivity contribution in [1.82, 2.24) is 0 Å². The van der Waals surface area contributed by atoms with Crippen LogP contribution in [0.5, 0.6) is 0 Å². The summed E-state index contributed by atoms with van der Waals surface area (Å²) in [6, 6.07) is 39.8. The predicted octanol–water partition coefficient (Wildman–Crippen LogP) is 5.61. The minimum absolute atomic E-state index is 0.505. The lowest BCUT2D eigenvalue weighted by atomic mass is 10.2. The molecule has 29 heavy (non-hydrogen) atoms. The van der Waals surface area contributed by atoms with Crippen LogP contribution in [-0.2, 0) is 11.3 Å². The molecule has 3 heteroatoms. The van der Waals surface area contributed by atoms with Gasteiger partial charge in [-0.25, -0.2) is 0 Å². The largest absolute Gasteiger partial charge is 0.348 e. The SMILES string of the molecule is Clc1ccc(COC=P(c2ccccc2)(c2ccccc2)c2ccccc2)cc1. The van der Waals surface area contributed by atoms with Crippen LogP contribution in [0.25, 0.3) is 0 Å². The van der Waals surface area contributed by atoms with Crippen LogP contribution < -0.4 is 15.9 Å². The van der Waals surface area contributed by atoms with Crippen LogP contribution >= 0.6 is 18.5 Å². The second-order valence-electron chi connectivity index (χ2n) is 6.77. The van der Waals surface area contributed by atoms with Crippen LogP contribution in [0, 0.1) is 0 Å². The maximum Gasteiger partial charge on any atom is 0.0776 e. The number of benzene rings is 4. The van der Waals surface area contributed by atoms with Gasteiger partial charge in [0.2, 0.25) is 0 Å². The van der Waals surface area contributed by atoms with E-state index in [2.05, 4.69) is 97.0 Å². The molecular formula is C26H22ClOP. The monoisotopic (exact) mass is 416 g/mol. The molecule has 4 aromatic rings. The van der Waals surface area contributed by atoms with Crippen LogP contribution in [0.1, 0.15) is 5.56 Å². The molecule has 0 heterocycles. The van der Waals surface area contributed by atoms with E-state index < -0.39 is 6.89 Å². The molecule has 0 bridgehead atoms. The van der Waals surface area contributed by atoms with Crippen LogP contribution in [0.2, 0.25) is 5.02 Å². The summed E-state index contributed by atoms with van der Waals surface area (Å²) < 4.78 is 6.27. The van der Waals surface area contributed by atoms with Crippen LogP contribution in [0.15, 0.2) is 115 Å². The first-order valence-electron chi connectivity index (χ1n) is 9.55. The van der Waals surface area contributed by atoms with Gasteiger partial charge in [-0.15, -0.1) is 0 Å². The molecule has 0 aliphatic carbocycles. The summed E-state index contributed by atoms with van der Waals surface area (Å²) in [5.41, 5.74) is 1.10. The van der Waals surface area contributed by atoms with Crippen LogP contribution in [0.4, 0.5) is 0 Å². The lowest BCUT2D eigenvalue weighted by molar-refractivity contribution is 0.314. The Hall–Kier alpha value is -2.57. The average Bonchev–Trinajstić information content (AvgIpc) is 2.80. The Kier molecular flexibility index (Phi) is 6.32. The summed E-state index contributed by atoms with van der Waals surface area (Å²) in [7, 11) is 0. The van der Waals surface area contributed by atoms with E-state index in [1.165, 1.54) is 15.9 Å². The van der Waals surface area contributed by atoms with Crippen LogP contribution in [0.3, 0.4) is 0 Å². The van der Waals surface area contributed by atoms with Gasteiger partial charge in [0, 0.05) is 11.0 Å². The molecule has 1 nitrogen and oxygen atoms in total. The van der Waals surface area contributed by atoms with E-state index >= 15 is 0 Å². The highest BCUT2D eigenvalue weighted by Gasteiger charge is 2.25. The summed E-state index contributed by atoms with van der Waals surface area (Å²) in [4.78, 5) is 0. The third-order valence-electron chi connectivity index (χ3n) is 4.89. The Labute approximate surface area is 177 Å². The molecule has 0 amide bonds. The molecule has 4 aromatic carbocycles. The maximum absolute atomic E-state index is 6.27. The molecule has 0 saturated carbocycles. The van der Waals surface area contributed by atoms with Crippen molar-refractivity contribution in [3.63, 3.8) is 0 Å². The smallest absolute Gasteiger partial charge is 0.0776 e. The first-order chi connectivity index (χ1) is 14.3. The number of rotatable bonds is 6. The molecule has 0 fully saturated rings. The van der Waals surface area contributed by atoms with Gasteiger partial charge in [0.25, 0.3) is 0 Å². The number of ether oxygens (including phenoxy) is 1. The lowest BCUT2D eigenvalue weighted by Gasteiger charge is -2.28. The topological polar surface area (TPSA) is 9.23 Å². The third kappa shape index (κ3) is 4.38. The van der Waals surface area contributed by atoms with Gasteiger partial charge in [-0.3, -0.25) is 0 Å². The zero-order valence-electron chi connectivity index (χ0n) is 16.0. The van der Waals surface area contributed by atoms with Crippen molar-refractivity contribution in [2.24, 2.45) is 0 Å². The van der Waals surface area contributed by atoms with E-state index in [0.717, 1.165) is 10.6 Å². The van der Waals surface area contributed by atoms with E-state index in [1.54, 1.807) is 0 Å². The molecule has 0 N–H and O–H groups in total. The number of halogens is 1. The van der Waals surface area contributed by atoms with Gasteiger partial charge >= 0.3 is 0 Å². The Morgan fingerprint density at radius 2 is 1.00 bits per heavy atom. The van der Waals surface area contributed by atoms with Gasteiger partial charge in [-0.05, 0) is 40.5 Å². The molecule has 0 atom stereocenters. The van der Waals surface area contributed by atoms with E-state index in [9.17, 15) is 0 Å². The van der Waals surface area contributed by atoms with Crippen molar-refractivity contribution < 1.29 is 4.74 Å². The highest BCUT2D eigenvalue weighted by molar-refractivity contribution is 7.94. The van der Waals surface area contributed by atoms with Crippen molar-refractivity contribution in [3.05, 3.63) is 126 Å². The fourth-order valence-electron chi connectivity index (χ4n) is 3.45. The molecular weight excluding hydrogens is 395 g/mol. The molecule has 0 aromatic heterocycles. The minimum atomic E-state index is -2.07. The highest BCUT2D eigenvalue weighted by atomic mass is 35.5. The van der Waals surface area contributed by atoms with Gasteiger partial charge in [0.1, 0.15) is 0 Å². The fraction of sp³-hybridized carbons (Fsp3) is 0.0385. The summed E-state index contributed by atoms with van der Waals surface area (Å²) in [5, 5.41) is 4.55. The second kappa shape index (κ2) is 9.29. The van der Waals surface area contributed by atoms with E-state index in [1.807, 2.05) is 24.3 Å². The van der Waals surface area contributed by atoms with Gasteiger partial charge in [-0.2, -0.15) is 0 Å². The minimum Gasteiger partial charge on any atom is -0.348 e. The molecule has 144 valence electrons. The average molecular weight is 417 g/mol. The first-order valence-corrected chi connectivity index (χ1v) is 11.8. The van der Waals surface area contributed by atoms with Gasteiger partial charge < -0.3 is 4.74 Å². The normalized spacial score (nSPS) is 11.2. The molecule has 0 saturated heterocycles. The molecule has 0 radical (unpaired) electrons. The second-order valence-corrected chi connectivity index (χ2v) is 10.4. The lowest BCUT2D eigenvalue weighted by Crippen LogP contribution is -2.27. The zero-order valence-corrected chi connectivity index (χ0v) is 17.6. The van der Waals surface area contributed by atoms with Crippen molar-refractivity contribution >= 4 is 40.4 Å². The Morgan fingerprint density at radius 3 is 1.41 bits per heavy atom.